The number of halogens is 1. The lowest BCUT2D eigenvalue weighted by atomic mass is 10.2. The molecule has 1 aromatic heterocycles. The smallest absolute Gasteiger partial charge is 0.154 e. The molecule has 0 saturated carbocycles. The molecule has 0 unspecified atom stereocenters. The van der Waals surface area contributed by atoms with E-state index in [0.29, 0.717) is 23.9 Å². The van der Waals surface area contributed by atoms with Crippen LogP contribution >= 0.6 is 11.6 Å². The van der Waals surface area contributed by atoms with Crippen LogP contribution in [-0.2, 0) is 20.3 Å². The zero-order chi connectivity index (χ0) is 14.8. The van der Waals surface area contributed by atoms with Crippen LogP contribution < -0.4 is 4.90 Å². The maximum Gasteiger partial charge on any atom is 0.154 e. The van der Waals surface area contributed by atoms with Crippen LogP contribution in [0.25, 0.3) is 0 Å². The van der Waals surface area contributed by atoms with Gasteiger partial charge < -0.3 is 9.64 Å². The van der Waals surface area contributed by atoms with Crippen molar-refractivity contribution < 1.29 is 13.2 Å². The number of ether oxygens (including phenoxy) is 1. The summed E-state index contributed by atoms with van der Waals surface area (Å²) in [5.41, 5.74) is 0.681. The normalized spacial score (nSPS) is 20.1. The molecule has 0 amide bonds. The fourth-order valence-corrected chi connectivity index (χ4v) is 3.29. The van der Waals surface area contributed by atoms with Crippen molar-refractivity contribution in [3.8, 4) is 0 Å². The lowest BCUT2D eigenvalue weighted by Gasteiger charge is -2.34. The van der Waals surface area contributed by atoms with E-state index in [1.807, 2.05) is 6.92 Å². The monoisotopic (exact) mass is 318 g/mol. The van der Waals surface area contributed by atoms with Gasteiger partial charge >= 0.3 is 0 Å². The Hall–Kier alpha value is -0.850. The van der Waals surface area contributed by atoms with Crippen molar-refractivity contribution in [1.82, 2.24) is 4.98 Å². The zero-order valence-electron chi connectivity index (χ0n) is 11.7. The van der Waals surface area contributed by atoms with Crippen LogP contribution in [0.2, 0.25) is 5.15 Å². The number of hydrogen-bond donors (Lipinski definition) is 0. The molecule has 0 aliphatic carbocycles. The predicted octanol–water partition coefficient (Wildman–Crippen LogP) is 1.89. The number of anilines is 1. The van der Waals surface area contributed by atoms with E-state index in [2.05, 4.69) is 9.88 Å². The Morgan fingerprint density at radius 1 is 1.50 bits per heavy atom. The number of rotatable bonds is 4. The van der Waals surface area contributed by atoms with E-state index in [1.165, 1.54) is 0 Å². The van der Waals surface area contributed by atoms with Crippen LogP contribution in [0, 0.1) is 0 Å². The van der Waals surface area contributed by atoms with Crippen LogP contribution in [0.4, 0.5) is 5.82 Å². The van der Waals surface area contributed by atoms with Crippen molar-refractivity contribution in [2.45, 2.75) is 25.6 Å². The topological polar surface area (TPSA) is 59.5 Å². The number of pyridine rings is 1. The Labute approximate surface area is 124 Å². The first-order valence-electron chi connectivity index (χ1n) is 6.62. The van der Waals surface area contributed by atoms with E-state index in [1.54, 1.807) is 19.1 Å². The third-order valence-corrected chi connectivity index (χ3v) is 5.18. The van der Waals surface area contributed by atoms with Crippen LogP contribution in [-0.4, -0.2) is 45.0 Å². The van der Waals surface area contributed by atoms with Crippen LogP contribution in [0.3, 0.4) is 0 Å². The van der Waals surface area contributed by atoms with E-state index in [9.17, 15) is 8.42 Å². The van der Waals surface area contributed by atoms with Gasteiger partial charge in [0.25, 0.3) is 0 Å². The average molecular weight is 319 g/mol. The van der Waals surface area contributed by atoms with E-state index in [4.69, 9.17) is 16.3 Å². The molecule has 20 heavy (non-hydrogen) atoms. The number of aromatic nitrogens is 1. The molecule has 1 aliphatic rings. The Morgan fingerprint density at radius 2 is 2.25 bits per heavy atom. The molecule has 1 aliphatic heterocycles. The van der Waals surface area contributed by atoms with Crippen LogP contribution in [0.5, 0.6) is 0 Å². The van der Waals surface area contributed by atoms with Gasteiger partial charge in [-0.1, -0.05) is 18.5 Å². The highest BCUT2D eigenvalue weighted by molar-refractivity contribution is 7.90. The molecule has 1 atom stereocenters. The standard InChI is InChI=1S/C13H19ClN2O3S/c1-3-20(17,18)9-11-6-12(14)15-13(7-11)16-4-5-19-8-10(16)2/h6-7,10H,3-5,8-9H2,1-2H3/t10-/m1/s1. The Balaban J connectivity index is 2.28. The van der Waals surface area contributed by atoms with Crippen molar-refractivity contribution in [2.75, 3.05) is 30.4 Å². The molecule has 1 saturated heterocycles. The zero-order valence-corrected chi connectivity index (χ0v) is 13.2. The first-order valence-corrected chi connectivity index (χ1v) is 8.82. The average Bonchev–Trinajstić information content (AvgIpc) is 2.38. The summed E-state index contributed by atoms with van der Waals surface area (Å²) in [5, 5.41) is 0.322. The molecule has 7 heteroatoms. The van der Waals surface area contributed by atoms with Gasteiger partial charge in [0.15, 0.2) is 9.84 Å². The summed E-state index contributed by atoms with van der Waals surface area (Å²) in [4.78, 5) is 6.40. The van der Waals surface area contributed by atoms with Gasteiger partial charge in [0.2, 0.25) is 0 Å². The molecule has 2 rings (SSSR count). The molecule has 1 fully saturated rings. The lowest BCUT2D eigenvalue weighted by molar-refractivity contribution is 0.0985. The second-order valence-corrected chi connectivity index (χ2v) is 7.69. The van der Waals surface area contributed by atoms with Crippen molar-refractivity contribution in [1.29, 1.82) is 0 Å². The quantitative estimate of drug-likeness (QED) is 0.794. The third kappa shape index (κ3) is 3.84. The van der Waals surface area contributed by atoms with Gasteiger partial charge in [0.1, 0.15) is 11.0 Å². The van der Waals surface area contributed by atoms with Crippen molar-refractivity contribution in [3.05, 3.63) is 22.8 Å². The summed E-state index contributed by atoms with van der Waals surface area (Å²) in [6, 6.07) is 3.62. The summed E-state index contributed by atoms with van der Waals surface area (Å²) >= 11 is 6.03. The molecular weight excluding hydrogens is 300 g/mol. The van der Waals surface area contributed by atoms with Gasteiger partial charge in [0.05, 0.1) is 25.0 Å². The highest BCUT2D eigenvalue weighted by atomic mass is 35.5. The first-order chi connectivity index (χ1) is 9.41. The second-order valence-electron chi connectivity index (χ2n) is 4.95. The van der Waals surface area contributed by atoms with Crippen molar-refractivity contribution >= 4 is 27.3 Å². The molecule has 1 aromatic rings. The van der Waals surface area contributed by atoms with Crippen LogP contribution in [0.1, 0.15) is 19.4 Å². The van der Waals surface area contributed by atoms with Crippen molar-refractivity contribution in [2.24, 2.45) is 0 Å². The number of nitrogens with zero attached hydrogens (tertiary/aromatic N) is 2. The van der Waals surface area contributed by atoms with E-state index >= 15 is 0 Å². The number of sulfone groups is 1. The Kier molecular flexibility index (Phi) is 4.88. The van der Waals surface area contributed by atoms with Gasteiger partial charge in [-0.15, -0.1) is 0 Å². The van der Waals surface area contributed by atoms with E-state index in [0.717, 1.165) is 12.4 Å². The Bertz CT molecular complexity index is 577. The van der Waals surface area contributed by atoms with Crippen molar-refractivity contribution in [3.63, 3.8) is 0 Å². The lowest BCUT2D eigenvalue weighted by Crippen LogP contribution is -2.44. The van der Waals surface area contributed by atoms with Gasteiger partial charge in [-0.05, 0) is 24.6 Å². The van der Waals surface area contributed by atoms with E-state index < -0.39 is 9.84 Å². The molecule has 0 radical (unpaired) electrons. The van der Waals surface area contributed by atoms with Gasteiger partial charge in [-0.3, -0.25) is 0 Å². The molecule has 0 bridgehead atoms. The predicted molar refractivity (Wildman–Crippen MR) is 80.0 cm³/mol. The summed E-state index contributed by atoms with van der Waals surface area (Å²) in [6.45, 7) is 5.69. The maximum absolute atomic E-state index is 11.7. The minimum atomic E-state index is -3.08. The van der Waals surface area contributed by atoms with E-state index in [-0.39, 0.29) is 17.5 Å². The fourth-order valence-electron chi connectivity index (χ4n) is 2.19. The second kappa shape index (κ2) is 6.28. The van der Waals surface area contributed by atoms with Gasteiger partial charge in [-0.25, -0.2) is 13.4 Å². The summed E-state index contributed by atoms with van der Waals surface area (Å²) < 4.78 is 28.9. The number of hydrogen-bond acceptors (Lipinski definition) is 5. The molecule has 0 spiro atoms. The summed E-state index contributed by atoms with van der Waals surface area (Å²) in [5.74, 6) is 0.836. The summed E-state index contributed by atoms with van der Waals surface area (Å²) in [7, 11) is -3.08. The molecule has 0 aromatic carbocycles. The largest absolute Gasteiger partial charge is 0.377 e. The van der Waals surface area contributed by atoms with Crippen LogP contribution in [0.15, 0.2) is 12.1 Å². The highest BCUT2D eigenvalue weighted by Crippen LogP contribution is 2.23. The molecule has 2 heterocycles. The SMILES string of the molecule is CCS(=O)(=O)Cc1cc(Cl)nc(N2CCOC[C@H]2C)c1. The first kappa shape index (κ1) is 15.5. The molecule has 0 N–H and O–H groups in total. The molecular formula is C13H19ClN2O3S. The Morgan fingerprint density at radius 3 is 2.90 bits per heavy atom. The minimum Gasteiger partial charge on any atom is -0.377 e. The number of morpholine rings is 1. The molecule has 5 nitrogen and oxygen atoms in total. The van der Waals surface area contributed by atoms with Gasteiger partial charge in [0, 0.05) is 12.3 Å². The maximum atomic E-state index is 11.7. The highest BCUT2D eigenvalue weighted by Gasteiger charge is 2.21. The minimum absolute atomic E-state index is 0.00252. The third-order valence-electron chi connectivity index (χ3n) is 3.33. The fraction of sp³-hybridized carbons (Fsp3) is 0.615. The van der Waals surface area contributed by atoms with Gasteiger partial charge in [-0.2, -0.15) is 0 Å². The molecule has 112 valence electrons. The summed E-state index contributed by atoms with van der Waals surface area (Å²) in [6.07, 6.45) is 0.